The summed E-state index contributed by atoms with van der Waals surface area (Å²) in [4.78, 5) is 14.1. The van der Waals surface area contributed by atoms with Gasteiger partial charge in [-0.05, 0) is 61.9 Å². The van der Waals surface area contributed by atoms with Crippen molar-refractivity contribution in [3.63, 3.8) is 0 Å². The first-order chi connectivity index (χ1) is 20.7. The van der Waals surface area contributed by atoms with Gasteiger partial charge in [-0.3, -0.25) is 4.79 Å². The van der Waals surface area contributed by atoms with Gasteiger partial charge < -0.3 is 9.47 Å². The molecular formula is C38H58O3S. The van der Waals surface area contributed by atoms with E-state index in [1.165, 1.54) is 120 Å². The zero-order chi connectivity index (χ0) is 30.1. The molecule has 42 heavy (non-hydrogen) atoms. The number of benzene rings is 2. The Morgan fingerprint density at radius 1 is 0.643 bits per heavy atom. The number of allylic oxidation sites excluding steroid dienone is 1. The van der Waals surface area contributed by atoms with Crippen LogP contribution in [0.3, 0.4) is 0 Å². The molecule has 0 bridgehead atoms. The Hall–Kier alpha value is -2.20. The highest BCUT2D eigenvalue weighted by atomic mass is 32.2. The van der Waals surface area contributed by atoms with Crippen LogP contribution in [0.2, 0.25) is 0 Å². The Morgan fingerprint density at radius 2 is 1.17 bits per heavy atom. The van der Waals surface area contributed by atoms with E-state index < -0.39 is 0 Å². The van der Waals surface area contributed by atoms with Gasteiger partial charge in [0, 0.05) is 11.0 Å². The van der Waals surface area contributed by atoms with Crippen LogP contribution in [0.15, 0.2) is 53.4 Å². The molecule has 0 N–H and O–H groups in total. The molecule has 0 saturated heterocycles. The number of hydrogen-bond donors (Lipinski definition) is 0. The third-order valence-corrected chi connectivity index (χ3v) is 8.75. The van der Waals surface area contributed by atoms with Crippen molar-refractivity contribution < 1.29 is 14.3 Å². The van der Waals surface area contributed by atoms with E-state index in [1.54, 1.807) is 18.2 Å². The minimum absolute atomic E-state index is 0.0706. The lowest BCUT2D eigenvalue weighted by atomic mass is 10.0. The summed E-state index contributed by atoms with van der Waals surface area (Å²) in [6.07, 6.45) is 27.5. The second kappa shape index (κ2) is 24.3. The third-order valence-electron chi connectivity index (χ3n) is 7.65. The predicted octanol–water partition coefficient (Wildman–Crippen LogP) is 12.1. The van der Waals surface area contributed by atoms with Crippen LogP contribution in [-0.2, 0) is 0 Å². The Kier molecular flexibility index (Phi) is 20.8. The zero-order valence-electron chi connectivity index (χ0n) is 27.0. The Balaban J connectivity index is 1.51. The molecule has 0 spiro atoms. The molecule has 0 aliphatic heterocycles. The van der Waals surface area contributed by atoms with E-state index in [1.807, 2.05) is 37.8 Å². The van der Waals surface area contributed by atoms with Crippen molar-refractivity contribution in [2.45, 2.75) is 135 Å². The average Bonchev–Trinajstić information content (AvgIpc) is 3.00. The van der Waals surface area contributed by atoms with Gasteiger partial charge in [-0.25, -0.2) is 0 Å². The number of hydrogen-bond acceptors (Lipinski definition) is 4. The lowest BCUT2D eigenvalue weighted by molar-refractivity contribution is 0.104. The first-order valence-corrected chi connectivity index (χ1v) is 18.0. The topological polar surface area (TPSA) is 35.5 Å². The Bertz CT molecular complexity index is 982. The van der Waals surface area contributed by atoms with Crippen LogP contribution in [0, 0.1) is 0 Å². The molecule has 2 aromatic rings. The molecule has 0 aliphatic rings. The standard InChI is InChI=1S/C38H58O3S/c1-4-7-8-9-10-11-12-13-14-15-16-17-18-19-20-21-22-31-42-35-27-23-33(24-28-35)25-30-37(39)36-29-26-34(40-5-2)32-38(36)41-6-3/h23-30,32H,4-22,31H2,1-3H3/b30-25+. The van der Waals surface area contributed by atoms with E-state index in [2.05, 4.69) is 31.2 Å². The first-order valence-electron chi connectivity index (χ1n) is 17.0. The molecule has 0 saturated carbocycles. The number of carbonyl (C=O) groups excluding carboxylic acids is 1. The number of unbranched alkanes of at least 4 members (excludes halogenated alkanes) is 16. The summed E-state index contributed by atoms with van der Waals surface area (Å²) in [7, 11) is 0. The fourth-order valence-corrected chi connectivity index (χ4v) is 6.10. The van der Waals surface area contributed by atoms with E-state index in [4.69, 9.17) is 9.47 Å². The van der Waals surface area contributed by atoms with Gasteiger partial charge in [-0.15, -0.1) is 11.8 Å². The van der Waals surface area contributed by atoms with Crippen LogP contribution in [-0.4, -0.2) is 24.7 Å². The summed E-state index contributed by atoms with van der Waals surface area (Å²) < 4.78 is 11.2. The minimum atomic E-state index is -0.0706. The van der Waals surface area contributed by atoms with Crippen molar-refractivity contribution in [3.05, 3.63) is 59.7 Å². The second-order valence-corrected chi connectivity index (χ2v) is 12.5. The van der Waals surface area contributed by atoms with Crippen molar-refractivity contribution in [1.82, 2.24) is 0 Å². The van der Waals surface area contributed by atoms with Crippen LogP contribution in [0.5, 0.6) is 11.5 Å². The molecule has 0 aliphatic carbocycles. The summed E-state index contributed by atoms with van der Waals surface area (Å²) in [5.41, 5.74) is 1.58. The summed E-state index contributed by atoms with van der Waals surface area (Å²) in [6, 6.07) is 13.9. The third kappa shape index (κ3) is 16.4. The molecule has 4 heteroatoms. The highest BCUT2D eigenvalue weighted by molar-refractivity contribution is 7.99. The van der Waals surface area contributed by atoms with E-state index in [0.717, 1.165) is 5.56 Å². The fourth-order valence-electron chi connectivity index (χ4n) is 5.19. The molecule has 3 nitrogen and oxygen atoms in total. The molecule has 0 amide bonds. The number of ether oxygens (including phenoxy) is 2. The van der Waals surface area contributed by atoms with Crippen molar-refractivity contribution in [2.75, 3.05) is 19.0 Å². The summed E-state index contributed by atoms with van der Waals surface area (Å²) in [5.74, 6) is 2.38. The Labute approximate surface area is 262 Å². The quantitative estimate of drug-likeness (QED) is 0.0470. The largest absolute Gasteiger partial charge is 0.494 e. The highest BCUT2D eigenvalue weighted by Gasteiger charge is 2.11. The maximum atomic E-state index is 12.8. The molecule has 234 valence electrons. The van der Waals surface area contributed by atoms with Crippen LogP contribution < -0.4 is 9.47 Å². The number of ketones is 1. The van der Waals surface area contributed by atoms with E-state index in [0.29, 0.717) is 30.3 Å². The molecule has 0 radical (unpaired) electrons. The normalized spacial score (nSPS) is 11.3. The molecule has 2 rings (SSSR count). The number of thioether (sulfide) groups is 1. The van der Waals surface area contributed by atoms with Crippen LogP contribution in [0.25, 0.3) is 6.08 Å². The zero-order valence-corrected chi connectivity index (χ0v) is 27.8. The van der Waals surface area contributed by atoms with Gasteiger partial charge in [-0.1, -0.05) is 128 Å². The summed E-state index contributed by atoms with van der Waals surface area (Å²) in [5, 5.41) is 0. The summed E-state index contributed by atoms with van der Waals surface area (Å²) in [6.45, 7) is 7.22. The van der Waals surface area contributed by atoms with Gasteiger partial charge in [0.25, 0.3) is 0 Å². The van der Waals surface area contributed by atoms with Crippen molar-refractivity contribution in [1.29, 1.82) is 0 Å². The number of rotatable bonds is 26. The van der Waals surface area contributed by atoms with Gasteiger partial charge in [0.1, 0.15) is 11.5 Å². The lowest BCUT2D eigenvalue weighted by Crippen LogP contribution is -2.02. The van der Waals surface area contributed by atoms with Crippen LogP contribution in [0.4, 0.5) is 0 Å². The predicted molar refractivity (Wildman–Crippen MR) is 183 cm³/mol. The first kappa shape index (κ1) is 36.0. The van der Waals surface area contributed by atoms with E-state index in [-0.39, 0.29) is 5.78 Å². The molecular weight excluding hydrogens is 536 g/mol. The van der Waals surface area contributed by atoms with Gasteiger partial charge >= 0.3 is 0 Å². The maximum Gasteiger partial charge on any atom is 0.189 e. The van der Waals surface area contributed by atoms with Crippen LogP contribution in [0.1, 0.15) is 146 Å². The van der Waals surface area contributed by atoms with Crippen molar-refractivity contribution >= 4 is 23.6 Å². The average molecular weight is 595 g/mol. The van der Waals surface area contributed by atoms with Gasteiger partial charge in [0.15, 0.2) is 5.78 Å². The van der Waals surface area contributed by atoms with Crippen molar-refractivity contribution in [2.24, 2.45) is 0 Å². The second-order valence-electron chi connectivity index (χ2n) is 11.3. The van der Waals surface area contributed by atoms with Crippen LogP contribution >= 0.6 is 11.8 Å². The van der Waals surface area contributed by atoms with E-state index in [9.17, 15) is 4.79 Å². The molecule has 2 aromatic carbocycles. The van der Waals surface area contributed by atoms with Gasteiger partial charge in [-0.2, -0.15) is 0 Å². The van der Waals surface area contributed by atoms with Gasteiger partial charge in [0.2, 0.25) is 0 Å². The lowest BCUT2D eigenvalue weighted by Gasteiger charge is -2.10. The SMILES string of the molecule is CCCCCCCCCCCCCCCCCCCSc1ccc(/C=C/C(=O)c2ccc(OCC)cc2OCC)cc1. The monoisotopic (exact) mass is 594 g/mol. The number of carbonyl (C=O) groups is 1. The molecule has 0 aromatic heterocycles. The Morgan fingerprint density at radius 3 is 1.69 bits per heavy atom. The minimum Gasteiger partial charge on any atom is -0.494 e. The van der Waals surface area contributed by atoms with E-state index >= 15 is 0 Å². The molecule has 0 unspecified atom stereocenters. The summed E-state index contributed by atoms with van der Waals surface area (Å²) >= 11 is 1.93. The van der Waals surface area contributed by atoms with Crippen molar-refractivity contribution in [3.8, 4) is 11.5 Å². The molecule has 0 heterocycles. The van der Waals surface area contributed by atoms with Gasteiger partial charge in [0.05, 0.1) is 18.8 Å². The fraction of sp³-hybridized carbons (Fsp3) is 0.605. The molecule has 0 fully saturated rings. The molecule has 0 atom stereocenters. The maximum absolute atomic E-state index is 12.8. The smallest absolute Gasteiger partial charge is 0.189 e. The highest BCUT2D eigenvalue weighted by Crippen LogP contribution is 2.27.